The molecule has 2 aromatic heterocycles. The van der Waals surface area contributed by atoms with E-state index in [0.29, 0.717) is 10.7 Å². The molecule has 0 saturated heterocycles. The Balaban J connectivity index is 1.89. The molecule has 0 radical (unpaired) electrons. The van der Waals surface area contributed by atoms with Crippen LogP contribution in [0.1, 0.15) is 16.6 Å². The average Bonchev–Trinajstić information content (AvgIpc) is 3.01. The monoisotopic (exact) mass is 264 g/mol. The Morgan fingerprint density at radius 2 is 2.28 bits per heavy atom. The highest BCUT2D eigenvalue weighted by Crippen LogP contribution is 2.08. The van der Waals surface area contributed by atoms with Crippen LogP contribution in [0.15, 0.2) is 29.8 Å². The Morgan fingerprint density at radius 1 is 1.44 bits per heavy atom. The summed E-state index contributed by atoms with van der Waals surface area (Å²) in [6.07, 6.45) is 1.53. The van der Waals surface area contributed by atoms with Gasteiger partial charge in [-0.2, -0.15) is 5.10 Å². The van der Waals surface area contributed by atoms with Crippen molar-refractivity contribution in [3.05, 3.63) is 34.7 Å². The van der Waals surface area contributed by atoms with Crippen molar-refractivity contribution in [2.24, 2.45) is 0 Å². The van der Waals surface area contributed by atoms with Crippen LogP contribution in [0.25, 0.3) is 0 Å². The predicted molar refractivity (Wildman–Crippen MR) is 68.5 cm³/mol. The molecule has 3 N–H and O–H groups in total. The normalized spacial score (nSPS) is 11.8. The fourth-order valence-electron chi connectivity index (χ4n) is 1.31. The number of aromatic nitrogens is 2. The molecule has 1 unspecified atom stereocenters. The van der Waals surface area contributed by atoms with Gasteiger partial charge in [0, 0.05) is 6.07 Å². The maximum absolute atomic E-state index is 11.7. The van der Waals surface area contributed by atoms with E-state index in [1.165, 1.54) is 17.5 Å². The lowest BCUT2D eigenvalue weighted by atomic mass is 10.3. The van der Waals surface area contributed by atoms with Crippen LogP contribution in [0.4, 0.5) is 5.82 Å². The minimum absolute atomic E-state index is 0.253. The van der Waals surface area contributed by atoms with E-state index in [-0.39, 0.29) is 11.8 Å². The number of anilines is 1. The third-order valence-electron chi connectivity index (χ3n) is 2.24. The number of thiophene rings is 1. The average molecular weight is 264 g/mol. The number of carbonyl (C=O) groups excluding carboxylic acids is 2. The van der Waals surface area contributed by atoms with Crippen LogP contribution in [0.5, 0.6) is 0 Å². The van der Waals surface area contributed by atoms with E-state index in [1.54, 1.807) is 25.1 Å². The fourth-order valence-corrected chi connectivity index (χ4v) is 1.93. The second-order valence-electron chi connectivity index (χ2n) is 3.63. The molecule has 0 fully saturated rings. The number of nitrogens with zero attached hydrogens (tertiary/aromatic N) is 1. The number of aromatic amines is 1. The Labute approximate surface area is 107 Å². The lowest BCUT2D eigenvalue weighted by Crippen LogP contribution is -2.41. The minimum atomic E-state index is -0.622. The number of amides is 2. The standard InChI is InChI=1S/C11H12N4O2S/c1-7(10(16)14-9-4-5-12-15-9)13-11(17)8-3-2-6-18-8/h2-7H,1H3,(H,13,17)(H2,12,14,15,16). The SMILES string of the molecule is CC(NC(=O)c1cccs1)C(=O)Nc1ccn[nH]1. The number of carbonyl (C=O) groups is 2. The summed E-state index contributed by atoms with van der Waals surface area (Å²) in [4.78, 5) is 24.0. The van der Waals surface area contributed by atoms with Gasteiger partial charge in [0.25, 0.3) is 5.91 Å². The molecule has 0 saturated carbocycles. The first-order chi connectivity index (χ1) is 8.66. The van der Waals surface area contributed by atoms with E-state index in [1.807, 2.05) is 5.38 Å². The molecule has 18 heavy (non-hydrogen) atoms. The molecule has 0 aliphatic heterocycles. The Kier molecular flexibility index (Phi) is 3.73. The zero-order valence-electron chi connectivity index (χ0n) is 9.64. The molecule has 2 aromatic rings. The van der Waals surface area contributed by atoms with Gasteiger partial charge in [-0.15, -0.1) is 11.3 Å². The fraction of sp³-hybridized carbons (Fsp3) is 0.182. The van der Waals surface area contributed by atoms with E-state index in [9.17, 15) is 9.59 Å². The van der Waals surface area contributed by atoms with E-state index in [2.05, 4.69) is 20.8 Å². The number of hydrogen-bond acceptors (Lipinski definition) is 4. The first-order valence-corrected chi connectivity index (χ1v) is 6.19. The van der Waals surface area contributed by atoms with E-state index < -0.39 is 6.04 Å². The van der Waals surface area contributed by atoms with Crippen molar-refractivity contribution in [3.8, 4) is 0 Å². The zero-order chi connectivity index (χ0) is 13.0. The molecular formula is C11H12N4O2S. The smallest absolute Gasteiger partial charge is 0.261 e. The molecule has 94 valence electrons. The van der Waals surface area contributed by atoms with Gasteiger partial charge in [-0.3, -0.25) is 14.7 Å². The van der Waals surface area contributed by atoms with Crippen molar-refractivity contribution in [2.75, 3.05) is 5.32 Å². The second kappa shape index (κ2) is 5.46. The number of hydrogen-bond donors (Lipinski definition) is 3. The minimum Gasteiger partial charge on any atom is -0.340 e. The molecule has 0 aliphatic rings. The maximum atomic E-state index is 11.7. The van der Waals surface area contributed by atoms with Crippen LogP contribution in [-0.2, 0) is 4.79 Å². The molecule has 0 aliphatic carbocycles. The van der Waals surface area contributed by atoms with Gasteiger partial charge < -0.3 is 10.6 Å². The number of nitrogens with one attached hydrogen (secondary N) is 3. The molecule has 7 heteroatoms. The van der Waals surface area contributed by atoms with Crippen LogP contribution < -0.4 is 10.6 Å². The summed E-state index contributed by atoms with van der Waals surface area (Å²) < 4.78 is 0. The molecule has 0 spiro atoms. The van der Waals surface area contributed by atoms with Gasteiger partial charge >= 0.3 is 0 Å². The van der Waals surface area contributed by atoms with Crippen molar-refractivity contribution in [1.82, 2.24) is 15.5 Å². The topological polar surface area (TPSA) is 86.9 Å². The molecule has 2 rings (SSSR count). The predicted octanol–water partition coefficient (Wildman–Crippen LogP) is 1.23. The first-order valence-electron chi connectivity index (χ1n) is 5.31. The van der Waals surface area contributed by atoms with Crippen molar-refractivity contribution >= 4 is 29.0 Å². The molecule has 1 atom stereocenters. The molecule has 0 aromatic carbocycles. The third-order valence-corrected chi connectivity index (χ3v) is 3.11. The van der Waals surface area contributed by atoms with Crippen LogP contribution in [-0.4, -0.2) is 28.1 Å². The first kappa shape index (κ1) is 12.3. The Hall–Kier alpha value is -2.15. The van der Waals surface area contributed by atoms with E-state index >= 15 is 0 Å². The summed E-state index contributed by atoms with van der Waals surface area (Å²) in [5.41, 5.74) is 0. The lowest BCUT2D eigenvalue weighted by molar-refractivity contribution is -0.117. The summed E-state index contributed by atoms with van der Waals surface area (Å²) in [6, 6.07) is 4.50. The van der Waals surface area contributed by atoms with Crippen molar-refractivity contribution < 1.29 is 9.59 Å². The van der Waals surface area contributed by atoms with Gasteiger partial charge in [0.15, 0.2) is 0 Å². The Bertz CT molecular complexity index is 521. The van der Waals surface area contributed by atoms with Gasteiger partial charge in [0.1, 0.15) is 11.9 Å². The quantitative estimate of drug-likeness (QED) is 0.776. The number of H-pyrrole nitrogens is 1. The summed E-state index contributed by atoms with van der Waals surface area (Å²) in [6.45, 7) is 1.62. The van der Waals surface area contributed by atoms with E-state index in [0.717, 1.165) is 0 Å². The third kappa shape index (κ3) is 2.95. The van der Waals surface area contributed by atoms with Gasteiger partial charge in [0.05, 0.1) is 11.1 Å². The van der Waals surface area contributed by atoms with E-state index in [4.69, 9.17) is 0 Å². The van der Waals surface area contributed by atoms with Crippen LogP contribution in [0.2, 0.25) is 0 Å². The van der Waals surface area contributed by atoms with Crippen LogP contribution >= 0.6 is 11.3 Å². The molecule has 2 amide bonds. The summed E-state index contributed by atoms with van der Waals surface area (Å²) in [7, 11) is 0. The number of rotatable bonds is 4. The van der Waals surface area contributed by atoms with Gasteiger partial charge in [-0.05, 0) is 18.4 Å². The van der Waals surface area contributed by atoms with Crippen molar-refractivity contribution in [3.63, 3.8) is 0 Å². The molecule has 2 heterocycles. The highest BCUT2D eigenvalue weighted by molar-refractivity contribution is 7.12. The van der Waals surface area contributed by atoms with Gasteiger partial charge in [-0.1, -0.05) is 6.07 Å². The van der Waals surface area contributed by atoms with Crippen LogP contribution in [0.3, 0.4) is 0 Å². The zero-order valence-corrected chi connectivity index (χ0v) is 10.5. The Morgan fingerprint density at radius 3 is 2.89 bits per heavy atom. The largest absolute Gasteiger partial charge is 0.340 e. The second-order valence-corrected chi connectivity index (χ2v) is 4.58. The van der Waals surface area contributed by atoms with Crippen molar-refractivity contribution in [1.29, 1.82) is 0 Å². The highest BCUT2D eigenvalue weighted by Gasteiger charge is 2.17. The molecule has 6 nitrogen and oxygen atoms in total. The molecule has 0 bridgehead atoms. The van der Waals surface area contributed by atoms with Crippen LogP contribution in [0, 0.1) is 0 Å². The lowest BCUT2D eigenvalue weighted by Gasteiger charge is -2.12. The summed E-state index contributed by atoms with van der Waals surface area (Å²) >= 11 is 1.33. The maximum Gasteiger partial charge on any atom is 0.261 e. The van der Waals surface area contributed by atoms with Gasteiger partial charge in [0.2, 0.25) is 5.91 Å². The highest BCUT2D eigenvalue weighted by atomic mass is 32.1. The van der Waals surface area contributed by atoms with Gasteiger partial charge in [-0.25, -0.2) is 0 Å². The summed E-state index contributed by atoms with van der Waals surface area (Å²) in [5.74, 6) is -0.0568. The molecular weight excluding hydrogens is 252 g/mol. The van der Waals surface area contributed by atoms with Crippen molar-refractivity contribution in [2.45, 2.75) is 13.0 Å². The summed E-state index contributed by atoms with van der Waals surface area (Å²) in [5, 5.41) is 13.4.